The van der Waals surface area contributed by atoms with Crippen molar-refractivity contribution in [3.8, 4) is 6.01 Å². The molecular formula is C6H12N4O. The van der Waals surface area contributed by atoms with E-state index in [0.717, 1.165) is 0 Å². The zero-order valence-electron chi connectivity index (χ0n) is 6.66. The summed E-state index contributed by atoms with van der Waals surface area (Å²) in [6, 6.07) is 0.233. The minimum atomic E-state index is -0.128. The Balaban J connectivity index is 2.66. The lowest BCUT2D eigenvalue weighted by atomic mass is 10.3. The lowest BCUT2D eigenvalue weighted by Gasteiger charge is -1.95. The third-order valence-corrected chi connectivity index (χ3v) is 1.19. The molecule has 0 unspecified atom stereocenters. The van der Waals surface area contributed by atoms with Crippen molar-refractivity contribution >= 4 is 0 Å². The summed E-state index contributed by atoms with van der Waals surface area (Å²) in [5.41, 5.74) is 5.53. The van der Waals surface area contributed by atoms with Crippen LogP contribution in [-0.4, -0.2) is 21.8 Å². The van der Waals surface area contributed by atoms with Gasteiger partial charge in [0.05, 0.1) is 12.6 Å². The van der Waals surface area contributed by atoms with Crippen LogP contribution in [0.1, 0.15) is 25.7 Å². The van der Waals surface area contributed by atoms with Crippen molar-refractivity contribution in [2.75, 3.05) is 6.61 Å². The summed E-state index contributed by atoms with van der Waals surface area (Å²) in [4.78, 5) is 3.99. The van der Waals surface area contributed by atoms with Gasteiger partial charge in [-0.2, -0.15) is 4.98 Å². The SMILES string of the molecule is CCOc1n[nH]c([C@H](C)N)n1. The molecule has 0 aliphatic rings. The number of ether oxygens (including phenoxy) is 1. The minimum absolute atomic E-state index is 0.128. The van der Waals surface area contributed by atoms with Gasteiger partial charge in [-0.15, -0.1) is 5.10 Å². The average molecular weight is 156 g/mol. The highest BCUT2D eigenvalue weighted by atomic mass is 16.5. The molecule has 0 saturated carbocycles. The van der Waals surface area contributed by atoms with Crippen LogP contribution in [-0.2, 0) is 0 Å². The molecule has 1 heterocycles. The fourth-order valence-electron chi connectivity index (χ4n) is 0.655. The summed E-state index contributed by atoms with van der Waals surface area (Å²) in [6.45, 7) is 4.27. The monoisotopic (exact) mass is 156 g/mol. The molecule has 0 amide bonds. The van der Waals surface area contributed by atoms with E-state index in [9.17, 15) is 0 Å². The first-order valence-electron chi connectivity index (χ1n) is 3.54. The molecule has 0 radical (unpaired) electrons. The van der Waals surface area contributed by atoms with Gasteiger partial charge in [-0.25, -0.2) is 0 Å². The average Bonchev–Trinajstić information content (AvgIpc) is 2.37. The molecule has 1 aromatic heterocycles. The van der Waals surface area contributed by atoms with Crippen molar-refractivity contribution in [3.63, 3.8) is 0 Å². The van der Waals surface area contributed by atoms with Crippen molar-refractivity contribution < 1.29 is 4.74 Å². The van der Waals surface area contributed by atoms with Crippen LogP contribution in [0.2, 0.25) is 0 Å². The Kier molecular flexibility index (Phi) is 2.43. The Morgan fingerprint density at radius 3 is 2.91 bits per heavy atom. The van der Waals surface area contributed by atoms with Crippen LogP contribution in [0, 0.1) is 0 Å². The van der Waals surface area contributed by atoms with Crippen molar-refractivity contribution in [1.29, 1.82) is 0 Å². The summed E-state index contributed by atoms with van der Waals surface area (Å²) in [7, 11) is 0. The molecule has 1 rings (SSSR count). The number of nitrogens with one attached hydrogen (secondary N) is 1. The second-order valence-electron chi connectivity index (χ2n) is 2.22. The molecule has 1 aromatic rings. The van der Waals surface area contributed by atoms with E-state index in [0.29, 0.717) is 18.4 Å². The van der Waals surface area contributed by atoms with Crippen molar-refractivity contribution in [2.24, 2.45) is 5.73 Å². The highest BCUT2D eigenvalue weighted by molar-refractivity contribution is 4.97. The van der Waals surface area contributed by atoms with E-state index in [1.54, 1.807) is 0 Å². The molecule has 62 valence electrons. The van der Waals surface area contributed by atoms with E-state index in [-0.39, 0.29) is 6.04 Å². The first kappa shape index (κ1) is 8.00. The number of rotatable bonds is 3. The van der Waals surface area contributed by atoms with Gasteiger partial charge in [-0.05, 0) is 13.8 Å². The third-order valence-electron chi connectivity index (χ3n) is 1.19. The Hall–Kier alpha value is -1.10. The maximum atomic E-state index is 5.53. The van der Waals surface area contributed by atoms with Gasteiger partial charge in [-0.3, -0.25) is 5.10 Å². The van der Waals surface area contributed by atoms with E-state index in [1.165, 1.54) is 0 Å². The second-order valence-corrected chi connectivity index (χ2v) is 2.22. The number of aromatic nitrogens is 3. The van der Waals surface area contributed by atoms with Crippen molar-refractivity contribution in [2.45, 2.75) is 19.9 Å². The first-order chi connectivity index (χ1) is 5.24. The summed E-state index contributed by atoms with van der Waals surface area (Å²) in [5, 5.41) is 6.47. The maximum Gasteiger partial charge on any atom is 0.335 e. The maximum absolute atomic E-state index is 5.53. The van der Waals surface area contributed by atoms with E-state index in [4.69, 9.17) is 10.5 Å². The molecule has 0 spiro atoms. The normalized spacial score (nSPS) is 13.0. The summed E-state index contributed by atoms with van der Waals surface area (Å²) < 4.78 is 5.03. The molecule has 1 atom stereocenters. The van der Waals surface area contributed by atoms with Crippen LogP contribution < -0.4 is 10.5 Å². The molecule has 0 bridgehead atoms. The Labute approximate surface area is 65.0 Å². The van der Waals surface area contributed by atoms with Gasteiger partial charge in [0.2, 0.25) is 0 Å². The molecule has 5 nitrogen and oxygen atoms in total. The number of nitrogens with two attached hydrogens (primary N) is 1. The van der Waals surface area contributed by atoms with Gasteiger partial charge in [0.1, 0.15) is 5.82 Å². The predicted octanol–water partition coefficient (Wildman–Crippen LogP) is 0.223. The molecule has 0 fully saturated rings. The molecule has 0 aliphatic carbocycles. The minimum Gasteiger partial charge on any atom is -0.463 e. The van der Waals surface area contributed by atoms with E-state index in [1.807, 2.05) is 13.8 Å². The Morgan fingerprint density at radius 2 is 2.45 bits per heavy atom. The quantitative estimate of drug-likeness (QED) is 0.656. The molecule has 0 saturated heterocycles. The topological polar surface area (TPSA) is 76.8 Å². The highest BCUT2D eigenvalue weighted by Gasteiger charge is 2.05. The van der Waals surface area contributed by atoms with Gasteiger partial charge >= 0.3 is 6.01 Å². The van der Waals surface area contributed by atoms with Gasteiger partial charge < -0.3 is 10.5 Å². The van der Waals surface area contributed by atoms with Crippen molar-refractivity contribution in [3.05, 3.63) is 5.82 Å². The first-order valence-corrected chi connectivity index (χ1v) is 3.54. The third kappa shape index (κ3) is 1.91. The zero-order chi connectivity index (χ0) is 8.27. The van der Waals surface area contributed by atoms with E-state index >= 15 is 0 Å². The number of aromatic amines is 1. The van der Waals surface area contributed by atoms with Crippen LogP contribution in [0.4, 0.5) is 0 Å². The lowest BCUT2D eigenvalue weighted by molar-refractivity contribution is 0.313. The largest absolute Gasteiger partial charge is 0.463 e. The molecule has 0 aromatic carbocycles. The molecule has 11 heavy (non-hydrogen) atoms. The zero-order valence-corrected chi connectivity index (χ0v) is 6.66. The van der Waals surface area contributed by atoms with Gasteiger partial charge in [0, 0.05) is 0 Å². The lowest BCUT2D eigenvalue weighted by Crippen LogP contribution is -2.06. The Morgan fingerprint density at radius 1 is 1.73 bits per heavy atom. The predicted molar refractivity (Wildman–Crippen MR) is 40.2 cm³/mol. The highest BCUT2D eigenvalue weighted by Crippen LogP contribution is 2.06. The van der Waals surface area contributed by atoms with Crippen LogP contribution in [0.5, 0.6) is 6.01 Å². The van der Waals surface area contributed by atoms with Gasteiger partial charge in [0.15, 0.2) is 0 Å². The molecule has 5 heteroatoms. The van der Waals surface area contributed by atoms with Gasteiger partial charge in [0.25, 0.3) is 0 Å². The Bertz CT molecular complexity index is 220. The fraction of sp³-hybridized carbons (Fsp3) is 0.667. The molecule has 3 N–H and O–H groups in total. The van der Waals surface area contributed by atoms with Crippen LogP contribution in [0.15, 0.2) is 0 Å². The smallest absolute Gasteiger partial charge is 0.335 e. The van der Waals surface area contributed by atoms with Crippen LogP contribution in [0.25, 0.3) is 0 Å². The number of nitrogens with zero attached hydrogens (tertiary/aromatic N) is 2. The van der Waals surface area contributed by atoms with Gasteiger partial charge in [-0.1, -0.05) is 0 Å². The number of H-pyrrole nitrogens is 1. The summed E-state index contributed by atoms with van der Waals surface area (Å²) >= 11 is 0. The second kappa shape index (κ2) is 3.34. The summed E-state index contributed by atoms with van der Waals surface area (Å²) in [6.07, 6.45) is 0. The summed E-state index contributed by atoms with van der Waals surface area (Å²) in [5.74, 6) is 0.647. The van der Waals surface area contributed by atoms with E-state index < -0.39 is 0 Å². The van der Waals surface area contributed by atoms with E-state index in [2.05, 4.69) is 15.2 Å². The number of hydrogen-bond donors (Lipinski definition) is 2. The van der Waals surface area contributed by atoms with Crippen molar-refractivity contribution in [1.82, 2.24) is 15.2 Å². The standard InChI is InChI=1S/C6H12N4O/c1-3-11-6-8-5(4(2)7)9-10-6/h4H,3,7H2,1-2H3,(H,8,9,10)/t4-/m0/s1. The van der Waals surface area contributed by atoms with Crippen LogP contribution in [0.3, 0.4) is 0 Å². The molecule has 0 aliphatic heterocycles. The number of hydrogen-bond acceptors (Lipinski definition) is 4. The molecular weight excluding hydrogens is 144 g/mol. The fourth-order valence-corrected chi connectivity index (χ4v) is 0.655. The van der Waals surface area contributed by atoms with Crippen LogP contribution >= 0.6 is 0 Å².